The van der Waals surface area contributed by atoms with Crippen molar-refractivity contribution in [2.75, 3.05) is 32.3 Å². The summed E-state index contributed by atoms with van der Waals surface area (Å²) in [5, 5.41) is 3.46. The van der Waals surface area contributed by atoms with E-state index in [2.05, 4.69) is 23.0 Å². The third kappa shape index (κ3) is 5.84. The zero-order chi connectivity index (χ0) is 14.8. The van der Waals surface area contributed by atoms with Crippen LogP contribution in [0.2, 0.25) is 0 Å². The molecule has 0 radical (unpaired) electrons. The first-order valence-electron chi connectivity index (χ1n) is 6.73. The van der Waals surface area contributed by atoms with Crippen LogP contribution in [-0.4, -0.2) is 38.2 Å². The lowest BCUT2D eigenvalue weighted by atomic mass is 10.1. The van der Waals surface area contributed by atoms with Crippen molar-refractivity contribution in [3.05, 3.63) is 29.8 Å². The highest BCUT2D eigenvalue weighted by Crippen LogP contribution is 2.22. The Bertz CT molecular complexity index is 412. The lowest BCUT2D eigenvalue weighted by Gasteiger charge is -2.18. The molecule has 0 aliphatic rings. The van der Waals surface area contributed by atoms with Crippen molar-refractivity contribution in [1.29, 1.82) is 0 Å². The number of nitrogens with one attached hydrogen (secondary N) is 1. The molecular formula is C15H23NO3S. The van der Waals surface area contributed by atoms with Gasteiger partial charge >= 0.3 is 5.97 Å². The van der Waals surface area contributed by atoms with Crippen LogP contribution in [0.4, 0.5) is 0 Å². The van der Waals surface area contributed by atoms with Gasteiger partial charge in [-0.25, -0.2) is 0 Å². The fourth-order valence-corrected chi connectivity index (χ4v) is 2.86. The molecule has 0 bridgehead atoms. The third-order valence-corrected chi connectivity index (χ3v) is 3.97. The van der Waals surface area contributed by atoms with Gasteiger partial charge in [0.1, 0.15) is 5.75 Å². The summed E-state index contributed by atoms with van der Waals surface area (Å²) in [6.45, 7) is 2.99. The summed E-state index contributed by atoms with van der Waals surface area (Å²) in [7, 11) is 3.09. The molecule has 0 fully saturated rings. The number of esters is 1. The van der Waals surface area contributed by atoms with Crippen molar-refractivity contribution in [2.24, 2.45) is 0 Å². The molecule has 0 saturated heterocycles. The molecule has 0 aliphatic carbocycles. The van der Waals surface area contributed by atoms with E-state index in [1.54, 1.807) is 18.9 Å². The predicted octanol–water partition coefficient (Wildman–Crippen LogP) is 2.64. The van der Waals surface area contributed by atoms with E-state index in [1.165, 1.54) is 12.7 Å². The summed E-state index contributed by atoms with van der Waals surface area (Å²) < 4.78 is 9.89. The Morgan fingerprint density at radius 2 is 2.20 bits per heavy atom. The second kappa shape index (κ2) is 9.66. The van der Waals surface area contributed by atoms with E-state index in [9.17, 15) is 4.79 Å². The average molecular weight is 297 g/mol. The minimum atomic E-state index is -0.154. The quantitative estimate of drug-likeness (QED) is 0.561. The lowest BCUT2D eigenvalue weighted by Crippen LogP contribution is -2.23. The standard InChI is InChI=1S/C15H23NO3S/c1-4-16-14(11-20-9-8-15(17)19-3)12-6-5-7-13(10-12)18-2/h5-7,10,14,16H,4,8-9,11H2,1-3H3. The monoisotopic (exact) mass is 297 g/mol. The van der Waals surface area contributed by atoms with Crippen LogP contribution >= 0.6 is 11.8 Å². The molecule has 1 aromatic carbocycles. The Kier molecular flexibility index (Phi) is 8.14. The zero-order valence-electron chi connectivity index (χ0n) is 12.3. The van der Waals surface area contributed by atoms with Crippen molar-refractivity contribution in [3.8, 4) is 5.75 Å². The maximum atomic E-state index is 11.1. The molecule has 0 aliphatic heterocycles. The summed E-state index contributed by atoms with van der Waals surface area (Å²) >= 11 is 1.75. The highest BCUT2D eigenvalue weighted by atomic mass is 32.2. The van der Waals surface area contributed by atoms with Gasteiger partial charge in [0.05, 0.1) is 20.6 Å². The summed E-state index contributed by atoms with van der Waals surface area (Å²) in [4.78, 5) is 11.1. The number of ether oxygens (including phenoxy) is 2. The number of rotatable bonds is 9. The fourth-order valence-electron chi connectivity index (χ4n) is 1.84. The normalized spacial score (nSPS) is 11.9. The topological polar surface area (TPSA) is 47.6 Å². The van der Waals surface area contributed by atoms with Gasteiger partial charge in [-0.3, -0.25) is 4.79 Å². The Balaban J connectivity index is 2.52. The van der Waals surface area contributed by atoms with Crippen LogP contribution in [0.5, 0.6) is 5.75 Å². The van der Waals surface area contributed by atoms with Crippen LogP contribution < -0.4 is 10.1 Å². The van der Waals surface area contributed by atoms with Crippen molar-refractivity contribution >= 4 is 17.7 Å². The molecule has 1 aromatic rings. The first kappa shape index (κ1) is 16.9. The van der Waals surface area contributed by atoms with Gasteiger partial charge in [0.15, 0.2) is 0 Å². The number of carbonyl (C=O) groups is 1. The molecule has 1 N–H and O–H groups in total. The van der Waals surface area contributed by atoms with Crippen LogP contribution in [0.25, 0.3) is 0 Å². The Labute approximate surface area is 125 Å². The van der Waals surface area contributed by atoms with Gasteiger partial charge in [0, 0.05) is 17.5 Å². The molecular weight excluding hydrogens is 274 g/mol. The smallest absolute Gasteiger partial charge is 0.306 e. The van der Waals surface area contributed by atoms with E-state index in [0.29, 0.717) is 6.42 Å². The fraction of sp³-hybridized carbons (Fsp3) is 0.533. The largest absolute Gasteiger partial charge is 0.497 e. The maximum absolute atomic E-state index is 11.1. The zero-order valence-corrected chi connectivity index (χ0v) is 13.2. The Morgan fingerprint density at radius 1 is 1.40 bits per heavy atom. The molecule has 0 heterocycles. The van der Waals surface area contributed by atoms with Gasteiger partial charge in [-0.05, 0) is 24.2 Å². The molecule has 112 valence electrons. The van der Waals surface area contributed by atoms with Crippen LogP contribution in [0, 0.1) is 0 Å². The van der Waals surface area contributed by atoms with Crippen LogP contribution in [0.3, 0.4) is 0 Å². The molecule has 1 unspecified atom stereocenters. The highest BCUT2D eigenvalue weighted by molar-refractivity contribution is 7.99. The number of methoxy groups -OCH3 is 2. The average Bonchev–Trinajstić information content (AvgIpc) is 2.50. The summed E-state index contributed by atoms with van der Waals surface area (Å²) in [5.41, 5.74) is 1.21. The van der Waals surface area contributed by atoms with Crippen LogP contribution in [0.15, 0.2) is 24.3 Å². The van der Waals surface area contributed by atoms with Crippen LogP contribution in [-0.2, 0) is 9.53 Å². The van der Waals surface area contributed by atoms with Gasteiger partial charge in [-0.2, -0.15) is 11.8 Å². The van der Waals surface area contributed by atoms with E-state index < -0.39 is 0 Å². The second-order valence-electron chi connectivity index (χ2n) is 4.29. The van der Waals surface area contributed by atoms with E-state index in [-0.39, 0.29) is 12.0 Å². The van der Waals surface area contributed by atoms with Gasteiger partial charge in [-0.15, -0.1) is 0 Å². The van der Waals surface area contributed by atoms with Gasteiger partial charge in [-0.1, -0.05) is 19.1 Å². The molecule has 0 aromatic heterocycles. The first-order chi connectivity index (χ1) is 9.71. The van der Waals surface area contributed by atoms with Gasteiger partial charge < -0.3 is 14.8 Å². The highest BCUT2D eigenvalue weighted by Gasteiger charge is 2.11. The minimum absolute atomic E-state index is 0.154. The number of hydrogen-bond donors (Lipinski definition) is 1. The van der Waals surface area contributed by atoms with Crippen molar-refractivity contribution in [2.45, 2.75) is 19.4 Å². The summed E-state index contributed by atoms with van der Waals surface area (Å²) in [5.74, 6) is 2.40. The first-order valence-corrected chi connectivity index (χ1v) is 7.88. The minimum Gasteiger partial charge on any atom is -0.497 e. The third-order valence-electron chi connectivity index (χ3n) is 2.91. The molecule has 0 saturated carbocycles. The number of thioether (sulfide) groups is 1. The number of hydrogen-bond acceptors (Lipinski definition) is 5. The molecule has 5 heteroatoms. The molecule has 4 nitrogen and oxygen atoms in total. The molecule has 0 spiro atoms. The number of benzene rings is 1. The van der Waals surface area contributed by atoms with E-state index in [4.69, 9.17) is 4.74 Å². The lowest BCUT2D eigenvalue weighted by molar-refractivity contribution is -0.140. The van der Waals surface area contributed by atoms with Crippen LogP contribution in [0.1, 0.15) is 24.9 Å². The van der Waals surface area contributed by atoms with Crippen molar-refractivity contribution in [1.82, 2.24) is 5.32 Å². The maximum Gasteiger partial charge on any atom is 0.306 e. The Hall–Kier alpha value is -1.20. The van der Waals surface area contributed by atoms with E-state index in [0.717, 1.165) is 23.8 Å². The summed E-state index contributed by atoms with van der Waals surface area (Å²) in [6, 6.07) is 8.34. The van der Waals surface area contributed by atoms with Crippen molar-refractivity contribution in [3.63, 3.8) is 0 Å². The Morgan fingerprint density at radius 3 is 2.85 bits per heavy atom. The van der Waals surface area contributed by atoms with E-state index in [1.807, 2.05) is 18.2 Å². The van der Waals surface area contributed by atoms with Gasteiger partial charge in [0.2, 0.25) is 0 Å². The number of carbonyl (C=O) groups excluding carboxylic acids is 1. The second-order valence-corrected chi connectivity index (χ2v) is 5.44. The van der Waals surface area contributed by atoms with Gasteiger partial charge in [0.25, 0.3) is 0 Å². The SMILES string of the molecule is CCNC(CSCCC(=O)OC)c1cccc(OC)c1. The van der Waals surface area contributed by atoms with E-state index >= 15 is 0 Å². The predicted molar refractivity (Wildman–Crippen MR) is 83.4 cm³/mol. The molecule has 1 atom stereocenters. The molecule has 1 rings (SSSR count). The molecule has 0 amide bonds. The van der Waals surface area contributed by atoms with Crippen molar-refractivity contribution < 1.29 is 14.3 Å². The summed E-state index contributed by atoms with van der Waals surface area (Å²) in [6.07, 6.45) is 0.456. The molecule has 20 heavy (non-hydrogen) atoms.